The van der Waals surface area contributed by atoms with Crippen LogP contribution in [0.1, 0.15) is 12.7 Å². The molecule has 1 atom stereocenters. The number of amides is 1. The highest BCUT2D eigenvalue weighted by Crippen LogP contribution is 2.03. The largest absolute Gasteiger partial charge is 0.388 e. The van der Waals surface area contributed by atoms with Gasteiger partial charge in [-0.1, -0.05) is 0 Å². The standard InChI is InChI=1S/C8H12N4O2/c1-5(8(9)14)11-6-2-3-10-7(4-13)12-6/h2-3,5,13H,4H2,1H3,(H2,9,14)(H,10,11,12)/t5-/m1/s1. The van der Waals surface area contributed by atoms with E-state index in [4.69, 9.17) is 10.8 Å². The summed E-state index contributed by atoms with van der Waals surface area (Å²) in [4.78, 5) is 18.5. The maximum Gasteiger partial charge on any atom is 0.239 e. The summed E-state index contributed by atoms with van der Waals surface area (Å²) in [5.74, 6) is 0.302. The molecule has 0 aromatic carbocycles. The van der Waals surface area contributed by atoms with Gasteiger partial charge in [0, 0.05) is 6.20 Å². The molecule has 0 unspecified atom stereocenters. The Morgan fingerprint density at radius 1 is 1.79 bits per heavy atom. The molecule has 0 aliphatic carbocycles. The number of primary amides is 1. The van der Waals surface area contributed by atoms with E-state index >= 15 is 0 Å². The third-order valence-corrected chi connectivity index (χ3v) is 1.64. The molecule has 0 fully saturated rings. The van der Waals surface area contributed by atoms with E-state index in [0.29, 0.717) is 11.6 Å². The van der Waals surface area contributed by atoms with Gasteiger partial charge in [-0.3, -0.25) is 4.79 Å². The Labute approximate surface area is 81.2 Å². The number of nitrogens with zero attached hydrogens (tertiary/aromatic N) is 2. The van der Waals surface area contributed by atoms with Crippen LogP contribution in [0.5, 0.6) is 0 Å². The van der Waals surface area contributed by atoms with Gasteiger partial charge in [0.1, 0.15) is 18.5 Å². The molecular formula is C8H12N4O2. The number of anilines is 1. The smallest absolute Gasteiger partial charge is 0.239 e. The Hall–Kier alpha value is -1.69. The predicted molar refractivity (Wildman–Crippen MR) is 50.2 cm³/mol. The van der Waals surface area contributed by atoms with Gasteiger partial charge in [0.15, 0.2) is 5.82 Å². The van der Waals surface area contributed by atoms with Crippen molar-refractivity contribution in [1.82, 2.24) is 9.97 Å². The molecule has 0 aliphatic heterocycles. The van der Waals surface area contributed by atoms with E-state index in [1.165, 1.54) is 6.20 Å². The first-order chi connectivity index (χ1) is 6.63. The number of hydrogen-bond donors (Lipinski definition) is 3. The average molecular weight is 196 g/mol. The van der Waals surface area contributed by atoms with Crippen molar-refractivity contribution in [3.05, 3.63) is 18.1 Å². The van der Waals surface area contributed by atoms with Gasteiger partial charge in [-0.05, 0) is 13.0 Å². The van der Waals surface area contributed by atoms with Crippen LogP contribution in [0.2, 0.25) is 0 Å². The quantitative estimate of drug-likeness (QED) is 0.588. The molecule has 6 nitrogen and oxygen atoms in total. The van der Waals surface area contributed by atoms with Crippen LogP contribution < -0.4 is 11.1 Å². The zero-order valence-electron chi connectivity index (χ0n) is 7.77. The molecule has 0 spiro atoms. The first-order valence-electron chi connectivity index (χ1n) is 4.12. The number of carbonyl (C=O) groups excluding carboxylic acids is 1. The number of rotatable bonds is 4. The van der Waals surface area contributed by atoms with Crippen molar-refractivity contribution in [2.24, 2.45) is 5.73 Å². The van der Waals surface area contributed by atoms with Gasteiger partial charge in [0.2, 0.25) is 5.91 Å². The van der Waals surface area contributed by atoms with Crippen molar-refractivity contribution in [2.75, 3.05) is 5.32 Å². The van der Waals surface area contributed by atoms with Crippen LogP contribution in [0.25, 0.3) is 0 Å². The molecule has 0 saturated carbocycles. The van der Waals surface area contributed by atoms with Gasteiger partial charge in [0.05, 0.1) is 0 Å². The first-order valence-corrected chi connectivity index (χ1v) is 4.12. The summed E-state index contributed by atoms with van der Waals surface area (Å²) in [6.45, 7) is 1.39. The van der Waals surface area contributed by atoms with Crippen LogP contribution in [-0.2, 0) is 11.4 Å². The zero-order chi connectivity index (χ0) is 10.6. The fourth-order valence-electron chi connectivity index (χ4n) is 0.849. The lowest BCUT2D eigenvalue weighted by Gasteiger charge is -2.10. The maximum absolute atomic E-state index is 10.7. The SMILES string of the molecule is C[C@@H](Nc1ccnc(CO)n1)C(N)=O. The molecule has 4 N–H and O–H groups in total. The van der Waals surface area contributed by atoms with Gasteiger partial charge in [-0.2, -0.15) is 0 Å². The minimum Gasteiger partial charge on any atom is -0.388 e. The van der Waals surface area contributed by atoms with Crippen LogP contribution in [0.15, 0.2) is 12.3 Å². The summed E-state index contributed by atoms with van der Waals surface area (Å²) in [7, 11) is 0. The van der Waals surface area contributed by atoms with Gasteiger partial charge in [-0.15, -0.1) is 0 Å². The van der Waals surface area contributed by atoms with Crippen LogP contribution >= 0.6 is 0 Å². The van der Waals surface area contributed by atoms with Gasteiger partial charge in [0.25, 0.3) is 0 Å². The molecule has 0 bridgehead atoms. The third kappa shape index (κ3) is 2.67. The maximum atomic E-state index is 10.7. The molecule has 14 heavy (non-hydrogen) atoms. The Morgan fingerprint density at radius 2 is 2.50 bits per heavy atom. The second kappa shape index (κ2) is 4.52. The van der Waals surface area contributed by atoms with E-state index in [2.05, 4.69) is 15.3 Å². The molecule has 1 rings (SSSR count). The van der Waals surface area contributed by atoms with Gasteiger partial charge >= 0.3 is 0 Å². The Morgan fingerprint density at radius 3 is 3.07 bits per heavy atom. The van der Waals surface area contributed by atoms with Crippen molar-refractivity contribution >= 4 is 11.7 Å². The van der Waals surface area contributed by atoms with Crippen molar-refractivity contribution in [3.8, 4) is 0 Å². The monoisotopic (exact) mass is 196 g/mol. The van der Waals surface area contributed by atoms with Crippen molar-refractivity contribution < 1.29 is 9.90 Å². The van der Waals surface area contributed by atoms with Crippen LogP contribution in [0, 0.1) is 0 Å². The molecule has 76 valence electrons. The molecule has 0 saturated heterocycles. The summed E-state index contributed by atoms with van der Waals surface area (Å²) in [6.07, 6.45) is 1.49. The van der Waals surface area contributed by atoms with Crippen LogP contribution in [0.4, 0.5) is 5.82 Å². The summed E-state index contributed by atoms with van der Waals surface area (Å²) in [5, 5.41) is 11.5. The zero-order valence-corrected chi connectivity index (χ0v) is 7.77. The lowest BCUT2D eigenvalue weighted by molar-refractivity contribution is -0.118. The molecular weight excluding hydrogens is 184 g/mol. The molecule has 1 amide bonds. The number of nitrogens with two attached hydrogens (primary N) is 1. The molecule has 1 aromatic rings. The van der Waals surface area contributed by atoms with E-state index in [9.17, 15) is 4.79 Å². The molecule has 1 aromatic heterocycles. The fourth-order valence-corrected chi connectivity index (χ4v) is 0.849. The lowest BCUT2D eigenvalue weighted by Crippen LogP contribution is -2.32. The number of hydrogen-bond acceptors (Lipinski definition) is 5. The molecule has 0 radical (unpaired) electrons. The minimum absolute atomic E-state index is 0.236. The number of carbonyl (C=O) groups is 1. The summed E-state index contributed by atoms with van der Waals surface area (Å²) in [5.41, 5.74) is 5.06. The third-order valence-electron chi connectivity index (χ3n) is 1.64. The van der Waals surface area contributed by atoms with Gasteiger partial charge in [-0.25, -0.2) is 9.97 Å². The Balaban J connectivity index is 2.71. The minimum atomic E-state index is -0.503. The highest BCUT2D eigenvalue weighted by atomic mass is 16.3. The Bertz CT molecular complexity index is 329. The summed E-state index contributed by atoms with van der Waals surface area (Å²) < 4.78 is 0. The fraction of sp³-hybridized carbons (Fsp3) is 0.375. The second-order valence-corrected chi connectivity index (χ2v) is 2.78. The topological polar surface area (TPSA) is 101 Å². The average Bonchev–Trinajstić information content (AvgIpc) is 2.18. The Kier molecular flexibility index (Phi) is 3.35. The normalized spacial score (nSPS) is 12.1. The van der Waals surface area contributed by atoms with E-state index in [1.54, 1.807) is 13.0 Å². The molecule has 1 heterocycles. The highest BCUT2D eigenvalue weighted by molar-refractivity contribution is 5.82. The number of aliphatic hydroxyl groups excluding tert-OH is 1. The number of aromatic nitrogens is 2. The van der Waals surface area contributed by atoms with E-state index in [-0.39, 0.29) is 6.61 Å². The highest BCUT2D eigenvalue weighted by Gasteiger charge is 2.08. The predicted octanol–water partition coefficient (Wildman–Crippen LogP) is -0.745. The van der Waals surface area contributed by atoms with Crippen LogP contribution in [-0.4, -0.2) is 27.0 Å². The first kappa shape index (κ1) is 10.4. The summed E-state index contributed by atoms with van der Waals surface area (Å²) in [6, 6.07) is 1.09. The number of nitrogens with one attached hydrogen (secondary N) is 1. The van der Waals surface area contributed by atoms with E-state index < -0.39 is 11.9 Å². The van der Waals surface area contributed by atoms with Crippen molar-refractivity contribution in [3.63, 3.8) is 0 Å². The van der Waals surface area contributed by atoms with Crippen LogP contribution in [0.3, 0.4) is 0 Å². The van der Waals surface area contributed by atoms with E-state index in [1.807, 2.05) is 0 Å². The van der Waals surface area contributed by atoms with Gasteiger partial charge < -0.3 is 16.2 Å². The second-order valence-electron chi connectivity index (χ2n) is 2.78. The number of aliphatic hydroxyl groups is 1. The summed E-state index contributed by atoms with van der Waals surface area (Å²) >= 11 is 0. The molecule has 6 heteroatoms. The lowest BCUT2D eigenvalue weighted by atomic mass is 10.3. The van der Waals surface area contributed by atoms with Crippen molar-refractivity contribution in [2.45, 2.75) is 19.6 Å². The van der Waals surface area contributed by atoms with E-state index in [0.717, 1.165) is 0 Å². The molecule has 0 aliphatic rings. The van der Waals surface area contributed by atoms with Crippen molar-refractivity contribution in [1.29, 1.82) is 0 Å².